The second-order valence-electron chi connectivity index (χ2n) is 14.0. The highest BCUT2D eigenvalue weighted by Gasteiger charge is 2.55. The number of epoxide rings is 2. The Morgan fingerprint density at radius 2 is 0.981 bits per heavy atom. The van der Waals surface area contributed by atoms with Gasteiger partial charge in [0.15, 0.2) is 0 Å². The summed E-state index contributed by atoms with van der Waals surface area (Å²) in [6.45, 7) is 7.57. The van der Waals surface area contributed by atoms with Crippen molar-refractivity contribution >= 4 is 56.7 Å². The summed E-state index contributed by atoms with van der Waals surface area (Å²) >= 11 is 0. The molecule has 2 saturated heterocycles. The van der Waals surface area contributed by atoms with Crippen LogP contribution in [0.3, 0.4) is 0 Å². The number of hydrogen-bond donors (Lipinski definition) is 2. The Balaban J connectivity index is 1.11. The quantitative estimate of drug-likeness (QED) is 0.107. The largest absolute Gasteiger partial charge is 0.497 e. The number of para-hydroxylation sites is 2. The van der Waals surface area contributed by atoms with E-state index < -0.39 is 47.2 Å². The van der Waals surface area contributed by atoms with E-state index in [-0.39, 0.29) is 35.7 Å². The standard InChI is InChI=1S/C42H40N2O10/c1-23-11-9-13-27-29(23)17-25(49-5)19-31(27)39(47)53-35(41(3)21-51-41)37(45)43-33-15-7-8-16-34(33)44-38(46)36(42(4)22-52-42)54-40(48)32-20-26(50-6)18-30-24(2)12-10-14-28(30)32/h7-20,35-36H,21-22H2,1-6H3,(H,43,45)(H,44,46)/t35-,36-,41+,42+/m1/s1. The fourth-order valence-corrected chi connectivity index (χ4v) is 6.48. The summed E-state index contributed by atoms with van der Waals surface area (Å²) in [5.41, 5.74) is 0.607. The van der Waals surface area contributed by atoms with E-state index in [4.69, 9.17) is 28.4 Å². The van der Waals surface area contributed by atoms with Crippen molar-refractivity contribution < 1.29 is 47.6 Å². The molecule has 12 heteroatoms. The summed E-state index contributed by atoms with van der Waals surface area (Å²) in [5, 5.41) is 8.51. The molecule has 2 aliphatic heterocycles. The highest BCUT2D eigenvalue weighted by Crippen LogP contribution is 2.38. The highest BCUT2D eigenvalue weighted by atomic mass is 16.6. The number of esters is 2. The van der Waals surface area contributed by atoms with Crippen molar-refractivity contribution in [2.75, 3.05) is 38.1 Å². The van der Waals surface area contributed by atoms with Crippen molar-refractivity contribution in [1.29, 1.82) is 0 Å². The first kappa shape index (κ1) is 36.4. The Morgan fingerprint density at radius 1 is 0.593 bits per heavy atom. The first-order chi connectivity index (χ1) is 25.8. The van der Waals surface area contributed by atoms with Crippen LogP contribution in [0.15, 0.2) is 84.9 Å². The van der Waals surface area contributed by atoms with Gasteiger partial charge in [-0.05, 0) is 96.8 Å². The third-order valence-corrected chi connectivity index (χ3v) is 9.96. The number of carbonyl (C=O) groups is 4. The first-order valence-electron chi connectivity index (χ1n) is 17.4. The molecular weight excluding hydrogens is 692 g/mol. The number of rotatable bonds is 12. The number of ether oxygens (including phenoxy) is 6. The lowest BCUT2D eigenvalue weighted by atomic mass is 9.99. The molecule has 0 spiro atoms. The highest BCUT2D eigenvalue weighted by molar-refractivity contribution is 6.10. The molecule has 0 aromatic heterocycles. The van der Waals surface area contributed by atoms with E-state index in [1.54, 1.807) is 62.4 Å². The van der Waals surface area contributed by atoms with Crippen LogP contribution in [0.1, 0.15) is 45.7 Å². The number of hydrogen-bond acceptors (Lipinski definition) is 10. The zero-order chi connectivity index (χ0) is 38.4. The predicted molar refractivity (Wildman–Crippen MR) is 201 cm³/mol. The number of benzene rings is 5. The van der Waals surface area contributed by atoms with Gasteiger partial charge in [-0.3, -0.25) is 9.59 Å². The van der Waals surface area contributed by atoms with E-state index in [1.807, 2.05) is 50.2 Å². The van der Waals surface area contributed by atoms with Crippen LogP contribution in [0.5, 0.6) is 11.5 Å². The summed E-state index contributed by atoms with van der Waals surface area (Å²) in [6, 6.07) is 24.5. The van der Waals surface area contributed by atoms with Crippen LogP contribution < -0.4 is 20.1 Å². The van der Waals surface area contributed by atoms with Gasteiger partial charge in [-0.25, -0.2) is 9.59 Å². The summed E-state index contributed by atoms with van der Waals surface area (Å²) in [4.78, 5) is 55.4. The Hall–Kier alpha value is -5.98. The lowest BCUT2D eigenvalue weighted by molar-refractivity contribution is -0.128. The van der Waals surface area contributed by atoms with Gasteiger partial charge in [-0.15, -0.1) is 0 Å². The Labute approximate surface area is 311 Å². The fourth-order valence-electron chi connectivity index (χ4n) is 6.48. The molecule has 0 unspecified atom stereocenters. The van der Waals surface area contributed by atoms with Gasteiger partial charge in [-0.1, -0.05) is 48.5 Å². The molecule has 0 bridgehead atoms. The van der Waals surface area contributed by atoms with Crippen LogP contribution in [0, 0.1) is 13.8 Å². The zero-order valence-corrected chi connectivity index (χ0v) is 30.7. The van der Waals surface area contributed by atoms with Crippen LogP contribution in [-0.2, 0) is 28.5 Å². The average Bonchev–Trinajstić information content (AvgIpc) is 4.10. The number of nitrogens with one attached hydrogen (secondary N) is 2. The van der Waals surface area contributed by atoms with Gasteiger partial charge in [0, 0.05) is 0 Å². The molecule has 4 atom stereocenters. The molecule has 278 valence electrons. The summed E-state index contributed by atoms with van der Waals surface area (Å²) < 4.78 is 33.9. The number of carbonyl (C=O) groups excluding carboxylic acids is 4. The molecule has 2 N–H and O–H groups in total. The van der Waals surface area contributed by atoms with E-state index in [1.165, 1.54) is 14.2 Å². The summed E-state index contributed by atoms with van der Waals surface area (Å²) in [6.07, 6.45) is -2.71. The maximum Gasteiger partial charge on any atom is 0.339 e. The van der Waals surface area contributed by atoms with Gasteiger partial charge in [-0.2, -0.15) is 0 Å². The molecular formula is C42H40N2O10. The Kier molecular flexibility index (Phi) is 9.50. The van der Waals surface area contributed by atoms with E-state index >= 15 is 0 Å². The molecule has 2 amide bonds. The second-order valence-corrected chi connectivity index (χ2v) is 14.0. The van der Waals surface area contributed by atoms with Gasteiger partial charge in [0.2, 0.25) is 12.2 Å². The molecule has 2 fully saturated rings. The van der Waals surface area contributed by atoms with E-state index in [0.29, 0.717) is 22.3 Å². The molecule has 5 aromatic carbocycles. The maximum absolute atomic E-state index is 13.9. The Morgan fingerprint density at radius 3 is 1.33 bits per heavy atom. The summed E-state index contributed by atoms with van der Waals surface area (Å²) in [7, 11) is 3.01. The van der Waals surface area contributed by atoms with E-state index in [0.717, 1.165) is 21.9 Å². The molecule has 0 aliphatic carbocycles. The topological polar surface area (TPSA) is 154 Å². The van der Waals surface area contributed by atoms with Crippen LogP contribution in [-0.4, -0.2) is 74.6 Å². The van der Waals surface area contributed by atoms with Crippen LogP contribution >= 0.6 is 0 Å². The lowest BCUT2D eigenvalue weighted by Gasteiger charge is -2.24. The van der Waals surface area contributed by atoms with E-state index in [2.05, 4.69) is 10.6 Å². The van der Waals surface area contributed by atoms with Gasteiger partial charge < -0.3 is 39.1 Å². The number of anilines is 2. The maximum atomic E-state index is 13.9. The second kappa shape index (κ2) is 14.1. The van der Waals surface area contributed by atoms with Crippen molar-refractivity contribution in [3.05, 3.63) is 107 Å². The summed E-state index contributed by atoms with van der Waals surface area (Å²) in [5.74, 6) is -1.88. The smallest absolute Gasteiger partial charge is 0.339 e. The van der Waals surface area contributed by atoms with Crippen molar-refractivity contribution in [2.45, 2.75) is 51.1 Å². The number of amides is 2. The molecule has 12 nitrogen and oxygen atoms in total. The minimum atomic E-state index is -1.35. The lowest BCUT2D eigenvalue weighted by Crippen LogP contribution is -2.44. The fraction of sp³-hybridized carbons (Fsp3) is 0.286. The zero-order valence-electron chi connectivity index (χ0n) is 30.7. The third kappa shape index (κ3) is 7.05. The minimum absolute atomic E-state index is 0.183. The normalized spacial score (nSPS) is 19.7. The molecule has 54 heavy (non-hydrogen) atoms. The minimum Gasteiger partial charge on any atom is -0.497 e. The van der Waals surface area contributed by atoms with Crippen molar-refractivity contribution in [2.24, 2.45) is 0 Å². The first-order valence-corrected chi connectivity index (χ1v) is 17.4. The monoisotopic (exact) mass is 732 g/mol. The molecule has 5 aromatic rings. The average molecular weight is 733 g/mol. The number of fused-ring (bicyclic) bond motifs is 2. The van der Waals surface area contributed by atoms with Gasteiger partial charge >= 0.3 is 11.9 Å². The molecule has 0 saturated carbocycles. The Bertz CT molecular complexity index is 2170. The molecule has 0 radical (unpaired) electrons. The van der Waals surface area contributed by atoms with Gasteiger partial charge in [0.25, 0.3) is 11.8 Å². The van der Waals surface area contributed by atoms with Crippen molar-refractivity contribution in [3.8, 4) is 11.5 Å². The third-order valence-electron chi connectivity index (χ3n) is 9.96. The molecule has 2 heterocycles. The van der Waals surface area contributed by atoms with Crippen LogP contribution in [0.2, 0.25) is 0 Å². The molecule has 2 aliphatic rings. The van der Waals surface area contributed by atoms with Crippen LogP contribution in [0.4, 0.5) is 11.4 Å². The van der Waals surface area contributed by atoms with E-state index in [9.17, 15) is 19.2 Å². The van der Waals surface area contributed by atoms with Crippen molar-refractivity contribution in [1.82, 2.24) is 0 Å². The molecule has 7 rings (SSSR count). The van der Waals surface area contributed by atoms with Crippen molar-refractivity contribution in [3.63, 3.8) is 0 Å². The van der Waals surface area contributed by atoms with Gasteiger partial charge in [0.1, 0.15) is 22.7 Å². The number of methoxy groups -OCH3 is 2. The number of aryl methyl sites for hydroxylation is 2. The van der Waals surface area contributed by atoms with Crippen LogP contribution in [0.25, 0.3) is 21.5 Å². The van der Waals surface area contributed by atoms with Gasteiger partial charge in [0.05, 0.1) is 49.9 Å². The predicted octanol–water partition coefficient (Wildman–Crippen LogP) is 6.53. The SMILES string of the molecule is COc1cc(C(=O)O[C@H](C(=O)Nc2ccccc2NC(=O)[C@@H](OC(=O)c2cc(OC)cc3c(C)cccc23)[C@]2(C)CO2)[C@]2(C)CO2)c2cccc(C)c2c1.